The van der Waals surface area contributed by atoms with Crippen LogP contribution in [0.2, 0.25) is 0 Å². The summed E-state index contributed by atoms with van der Waals surface area (Å²) in [4.78, 5) is 24.8. The molecule has 1 N–H and O–H groups in total. The third-order valence-corrected chi connectivity index (χ3v) is 5.25. The molecular weight excluding hydrogens is 384 g/mol. The molecule has 158 valence electrons. The molecule has 0 spiro atoms. The number of para-hydroxylation sites is 2. The number of hydrogen-bond donors (Lipinski definition) is 1. The van der Waals surface area contributed by atoms with Crippen molar-refractivity contribution < 1.29 is 18.7 Å². The van der Waals surface area contributed by atoms with Gasteiger partial charge in [-0.3, -0.25) is 9.36 Å². The lowest BCUT2D eigenvalue weighted by Gasteiger charge is -2.24. The number of rotatable bonds is 6. The van der Waals surface area contributed by atoms with Crippen LogP contribution in [-0.2, 0) is 11.3 Å². The molecule has 30 heavy (non-hydrogen) atoms. The SMILES string of the molecule is CC(C)[C@H](NC(=O)CCn1c(=O)oc2ccccc21)c1ccc2c(c1)OCCCO2. The average Bonchev–Trinajstić information content (AvgIpc) is 2.88. The molecule has 0 unspecified atom stereocenters. The van der Waals surface area contributed by atoms with Gasteiger partial charge in [0.15, 0.2) is 17.1 Å². The number of nitrogens with one attached hydrogen (secondary N) is 1. The summed E-state index contributed by atoms with van der Waals surface area (Å²) in [6.45, 7) is 5.62. The van der Waals surface area contributed by atoms with Crippen LogP contribution in [0.3, 0.4) is 0 Å². The van der Waals surface area contributed by atoms with E-state index in [-0.39, 0.29) is 30.8 Å². The van der Waals surface area contributed by atoms with Gasteiger partial charge < -0.3 is 19.2 Å². The van der Waals surface area contributed by atoms with Crippen LogP contribution >= 0.6 is 0 Å². The van der Waals surface area contributed by atoms with Gasteiger partial charge in [0.25, 0.3) is 0 Å². The van der Waals surface area contributed by atoms with Gasteiger partial charge in [0.2, 0.25) is 5.91 Å². The Labute approximate surface area is 174 Å². The molecule has 0 saturated heterocycles. The summed E-state index contributed by atoms with van der Waals surface area (Å²) in [6, 6.07) is 12.8. The van der Waals surface area contributed by atoms with E-state index in [0.29, 0.717) is 30.1 Å². The van der Waals surface area contributed by atoms with Gasteiger partial charge in [0, 0.05) is 19.4 Å². The maximum absolute atomic E-state index is 12.7. The molecular formula is C23H26N2O5. The number of nitrogens with zero attached hydrogens (tertiary/aromatic N) is 1. The highest BCUT2D eigenvalue weighted by Gasteiger charge is 2.21. The minimum atomic E-state index is -0.452. The van der Waals surface area contributed by atoms with E-state index in [1.54, 1.807) is 6.07 Å². The molecule has 1 atom stereocenters. The fourth-order valence-corrected chi connectivity index (χ4v) is 3.69. The topological polar surface area (TPSA) is 82.7 Å². The zero-order valence-corrected chi connectivity index (χ0v) is 17.2. The van der Waals surface area contributed by atoms with Crippen LogP contribution in [0.25, 0.3) is 11.1 Å². The molecule has 0 bridgehead atoms. The third kappa shape index (κ3) is 4.20. The molecule has 1 aromatic heterocycles. The number of hydrogen-bond acceptors (Lipinski definition) is 5. The van der Waals surface area contributed by atoms with Crippen molar-refractivity contribution in [3.8, 4) is 11.5 Å². The Morgan fingerprint density at radius 3 is 2.67 bits per heavy atom. The second-order valence-electron chi connectivity index (χ2n) is 7.78. The number of aryl methyl sites for hydroxylation is 1. The Balaban J connectivity index is 1.47. The van der Waals surface area contributed by atoms with E-state index in [0.717, 1.165) is 17.7 Å². The van der Waals surface area contributed by atoms with Gasteiger partial charge in [-0.1, -0.05) is 32.0 Å². The monoisotopic (exact) mass is 410 g/mol. The van der Waals surface area contributed by atoms with Crippen molar-refractivity contribution in [1.82, 2.24) is 9.88 Å². The van der Waals surface area contributed by atoms with E-state index in [1.165, 1.54) is 4.57 Å². The highest BCUT2D eigenvalue weighted by Crippen LogP contribution is 2.34. The van der Waals surface area contributed by atoms with Crippen molar-refractivity contribution >= 4 is 17.0 Å². The number of carbonyl (C=O) groups excluding carboxylic acids is 1. The second-order valence-corrected chi connectivity index (χ2v) is 7.78. The first-order chi connectivity index (χ1) is 14.5. The van der Waals surface area contributed by atoms with Crippen LogP contribution in [0.5, 0.6) is 11.5 Å². The van der Waals surface area contributed by atoms with Crippen LogP contribution < -0.4 is 20.5 Å². The van der Waals surface area contributed by atoms with Crippen molar-refractivity contribution in [2.24, 2.45) is 5.92 Å². The minimum absolute atomic E-state index is 0.127. The molecule has 7 nitrogen and oxygen atoms in total. The van der Waals surface area contributed by atoms with Gasteiger partial charge >= 0.3 is 5.76 Å². The van der Waals surface area contributed by atoms with E-state index in [4.69, 9.17) is 13.9 Å². The number of benzene rings is 2. The fraction of sp³-hybridized carbons (Fsp3) is 0.391. The molecule has 7 heteroatoms. The van der Waals surface area contributed by atoms with Gasteiger partial charge in [0.1, 0.15) is 0 Å². The smallest absolute Gasteiger partial charge is 0.419 e. The molecule has 2 aromatic carbocycles. The maximum atomic E-state index is 12.7. The number of fused-ring (bicyclic) bond motifs is 2. The lowest BCUT2D eigenvalue weighted by molar-refractivity contribution is -0.122. The lowest BCUT2D eigenvalue weighted by atomic mass is 9.95. The highest BCUT2D eigenvalue weighted by molar-refractivity contribution is 5.77. The van der Waals surface area contributed by atoms with Crippen LogP contribution in [0.1, 0.15) is 38.3 Å². The minimum Gasteiger partial charge on any atom is -0.490 e. The number of aromatic nitrogens is 1. The summed E-state index contributed by atoms with van der Waals surface area (Å²) in [5.74, 6) is 1.04. The molecule has 0 fully saturated rings. The summed E-state index contributed by atoms with van der Waals surface area (Å²) in [6.07, 6.45) is 1.02. The van der Waals surface area contributed by atoms with E-state index in [2.05, 4.69) is 19.2 Å². The molecule has 0 aliphatic carbocycles. The zero-order valence-electron chi connectivity index (χ0n) is 17.2. The lowest BCUT2D eigenvalue weighted by Crippen LogP contribution is -2.32. The first-order valence-electron chi connectivity index (χ1n) is 10.3. The number of amides is 1. The van der Waals surface area contributed by atoms with Crippen molar-refractivity contribution in [3.05, 3.63) is 58.6 Å². The molecule has 0 saturated carbocycles. The Morgan fingerprint density at radius 1 is 1.10 bits per heavy atom. The largest absolute Gasteiger partial charge is 0.490 e. The number of oxazole rings is 1. The first-order valence-corrected chi connectivity index (χ1v) is 10.3. The second kappa shape index (κ2) is 8.65. The molecule has 1 aliphatic rings. The fourth-order valence-electron chi connectivity index (χ4n) is 3.69. The Hall–Kier alpha value is -3.22. The van der Waals surface area contributed by atoms with E-state index in [1.807, 2.05) is 36.4 Å². The van der Waals surface area contributed by atoms with E-state index < -0.39 is 5.76 Å². The Kier molecular flexibility index (Phi) is 5.79. The Morgan fingerprint density at radius 2 is 1.87 bits per heavy atom. The average molecular weight is 410 g/mol. The molecule has 1 amide bonds. The summed E-state index contributed by atoms with van der Waals surface area (Å²) in [7, 11) is 0. The Bertz CT molecular complexity index is 1100. The van der Waals surface area contributed by atoms with Crippen LogP contribution in [0.15, 0.2) is 51.7 Å². The van der Waals surface area contributed by atoms with Crippen molar-refractivity contribution in [3.63, 3.8) is 0 Å². The molecule has 3 aromatic rings. The van der Waals surface area contributed by atoms with Gasteiger partial charge in [-0.2, -0.15) is 0 Å². The van der Waals surface area contributed by atoms with Gasteiger partial charge in [-0.05, 0) is 35.7 Å². The van der Waals surface area contributed by atoms with Gasteiger partial charge in [-0.15, -0.1) is 0 Å². The summed E-state index contributed by atoms with van der Waals surface area (Å²) >= 11 is 0. The standard InChI is InChI=1S/C23H26N2O5/c1-15(2)22(16-8-9-19-20(14-16)29-13-5-12-28-19)24-21(26)10-11-25-17-6-3-4-7-18(17)30-23(25)27/h3-4,6-9,14-15,22H,5,10-13H2,1-2H3,(H,24,26)/t22-/m0/s1. The van der Waals surface area contributed by atoms with Crippen molar-refractivity contribution in [2.45, 2.75) is 39.3 Å². The number of ether oxygens (including phenoxy) is 2. The van der Waals surface area contributed by atoms with Crippen LogP contribution in [-0.4, -0.2) is 23.7 Å². The van der Waals surface area contributed by atoms with Crippen LogP contribution in [0.4, 0.5) is 0 Å². The number of carbonyl (C=O) groups is 1. The quantitative estimate of drug-likeness (QED) is 0.671. The predicted molar refractivity (Wildman–Crippen MR) is 113 cm³/mol. The highest BCUT2D eigenvalue weighted by atomic mass is 16.5. The molecule has 4 rings (SSSR count). The van der Waals surface area contributed by atoms with Crippen molar-refractivity contribution in [2.75, 3.05) is 13.2 Å². The van der Waals surface area contributed by atoms with E-state index in [9.17, 15) is 9.59 Å². The van der Waals surface area contributed by atoms with Crippen molar-refractivity contribution in [1.29, 1.82) is 0 Å². The maximum Gasteiger partial charge on any atom is 0.419 e. The summed E-state index contributed by atoms with van der Waals surface area (Å²) in [5, 5.41) is 3.10. The predicted octanol–water partition coefficient (Wildman–Crippen LogP) is 3.66. The first kappa shape index (κ1) is 20.1. The summed E-state index contributed by atoms with van der Waals surface area (Å²) < 4.78 is 18.2. The summed E-state index contributed by atoms with van der Waals surface area (Å²) in [5.41, 5.74) is 2.18. The van der Waals surface area contributed by atoms with Gasteiger partial charge in [-0.25, -0.2) is 4.79 Å². The molecule has 2 heterocycles. The van der Waals surface area contributed by atoms with Crippen LogP contribution in [0, 0.1) is 5.92 Å². The molecule has 0 radical (unpaired) electrons. The zero-order chi connectivity index (χ0) is 21.1. The molecule has 1 aliphatic heterocycles. The normalized spacial score (nSPS) is 14.5. The van der Waals surface area contributed by atoms with Gasteiger partial charge in [0.05, 0.1) is 24.8 Å². The third-order valence-electron chi connectivity index (χ3n) is 5.25. The van der Waals surface area contributed by atoms with E-state index >= 15 is 0 Å².